The van der Waals surface area contributed by atoms with Gasteiger partial charge in [0, 0.05) is 17.1 Å². The minimum absolute atomic E-state index is 0.219. The number of fused-ring (bicyclic) bond motifs is 1. The summed E-state index contributed by atoms with van der Waals surface area (Å²) in [6, 6.07) is 5.05. The van der Waals surface area contributed by atoms with Gasteiger partial charge in [0.05, 0.1) is 19.0 Å². The lowest BCUT2D eigenvalue weighted by Crippen LogP contribution is -2.52. The average molecular weight is 433 g/mol. The molecule has 1 aromatic carbocycles. The van der Waals surface area contributed by atoms with Crippen molar-refractivity contribution < 1.29 is 34.2 Å². The largest absolute Gasteiger partial charge is 0.481 e. The van der Waals surface area contributed by atoms with Crippen molar-refractivity contribution in [3.8, 4) is 0 Å². The van der Waals surface area contributed by atoms with Gasteiger partial charge in [-0.15, -0.1) is 0 Å². The Morgan fingerprint density at radius 3 is 2.32 bits per heavy atom. The van der Waals surface area contributed by atoms with E-state index in [0.717, 1.165) is 16.5 Å². The number of aromatic amines is 1. The standard InChI is InChI=1S/C19H23N5O7/c20-12(5-10-7-21-13-4-2-1-3-11(10)13)18(30)22-8-15(25)24-14(6-16(26)27)19(31)23-9-17(28)29/h1-4,7,12,14,21H,5-6,8-9,20H2,(H,22,30)(H,23,31)(H,24,25)(H,26,27)(H,28,29). The fourth-order valence-electron chi connectivity index (χ4n) is 2.84. The molecule has 166 valence electrons. The molecule has 12 nitrogen and oxygen atoms in total. The predicted molar refractivity (Wildman–Crippen MR) is 108 cm³/mol. The van der Waals surface area contributed by atoms with Crippen LogP contribution in [0.2, 0.25) is 0 Å². The molecule has 0 spiro atoms. The molecule has 3 amide bonds. The van der Waals surface area contributed by atoms with E-state index in [1.54, 1.807) is 6.20 Å². The van der Waals surface area contributed by atoms with Crippen molar-refractivity contribution in [1.29, 1.82) is 0 Å². The quantitative estimate of drug-likeness (QED) is 0.217. The molecule has 0 bridgehead atoms. The molecule has 2 aromatic rings. The Balaban J connectivity index is 1.87. The summed E-state index contributed by atoms with van der Waals surface area (Å²) in [6.07, 6.45) is 1.21. The van der Waals surface area contributed by atoms with Crippen LogP contribution in [-0.2, 0) is 30.4 Å². The minimum Gasteiger partial charge on any atom is -0.481 e. The number of rotatable bonds is 11. The number of amides is 3. The maximum atomic E-state index is 12.2. The van der Waals surface area contributed by atoms with Gasteiger partial charge in [0.1, 0.15) is 12.6 Å². The lowest BCUT2D eigenvalue weighted by molar-refractivity contribution is -0.141. The van der Waals surface area contributed by atoms with Crippen LogP contribution in [0.4, 0.5) is 0 Å². The minimum atomic E-state index is -1.50. The molecule has 0 radical (unpaired) electrons. The Hall–Kier alpha value is -3.93. The van der Waals surface area contributed by atoms with Crippen LogP contribution < -0.4 is 21.7 Å². The number of aromatic nitrogens is 1. The van der Waals surface area contributed by atoms with E-state index >= 15 is 0 Å². The van der Waals surface area contributed by atoms with Gasteiger partial charge in [-0.25, -0.2) is 0 Å². The van der Waals surface area contributed by atoms with Gasteiger partial charge in [-0.05, 0) is 18.1 Å². The molecule has 2 unspecified atom stereocenters. The molecule has 1 heterocycles. The van der Waals surface area contributed by atoms with E-state index in [0.29, 0.717) is 0 Å². The summed E-state index contributed by atoms with van der Waals surface area (Å²) in [5.41, 5.74) is 7.64. The molecule has 2 rings (SSSR count). The number of aliphatic carboxylic acids is 2. The van der Waals surface area contributed by atoms with E-state index in [9.17, 15) is 24.0 Å². The highest BCUT2D eigenvalue weighted by atomic mass is 16.4. The molecule has 0 saturated carbocycles. The smallest absolute Gasteiger partial charge is 0.322 e. The van der Waals surface area contributed by atoms with E-state index < -0.39 is 61.3 Å². The number of hydrogen-bond acceptors (Lipinski definition) is 6. The first-order valence-corrected chi connectivity index (χ1v) is 9.26. The fraction of sp³-hybridized carbons (Fsp3) is 0.316. The molecule has 0 aliphatic rings. The number of carbonyl (C=O) groups excluding carboxylic acids is 3. The van der Waals surface area contributed by atoms with Crippen LogP contribution in [-0.4, -0.2) is 70.0 Å². The van der Waals surface area contributed by atoms with Crippen molar-refractivity contribution in [1.82, 2.24) is 20.9 Å². The highest BCUT2D eigenvalue weighted by molar-refractivity contribution is 5.94. The molecule has 0 saturated heterocycles. The van der Waals surface area contributed by atoms with Gasteiger partial charge in [0.15, 0.2) is 0 Å². The first-order valence-electron chi connectivity index (χ1n) is 9.26. The van der Waals surface area contributed by atoms with Gasteiger partial charge in [-0.3, -0.25) is 24.0 Å². The number of H-pyrrole nitrogens is 1. The summed E-state index contributed by atoms with van der Waals surface area (Å²) in [4.78, 5) is 60.6. The zero-order chi connectivity index (χ0) is 23.0. The summed E-state index contributed by atoms with van der Waals surface area (Å²) in [5, 5.41) is 24.8. The third kappa shape index (κ3) is 7.12. The SMILES string of the molecule is NC(Cc1c[nH]c2ccccc12)C(=O)NCC(=O)NC(CC(=O)O)C(=O)NCC(=O)O. The van der Waals surface area contributed by atoms with Crippen LogP contribution >= 0.6 is 0 Å². The van der Waals surface area contributed by atoms with Crippen LogP contribution in [0.15, 0.2) is 30.5 Å². The molecule has 2 atom stereocenters. The Morgan fingerprint density at radius 1 is 0.968 bits per heavy atom. The summed E-state index contributed by atoms with van der Waals surface area (Å²) >= 11 is 0. The second-order valence-electron chi connectivity index (χ2n) is 6.72. The van der Waals surface area contributed by atoms with Gasteiger partial charge in [-0.1, -0.05) is 18.2 Å². The number of para-hydroxylation sites is 1. The Labute approximate surface area is 176 Å². The number of nitrogens with two attached hydrogens (primary N) is 1. The average Bonchev–Trinajstić information content (AvgIpc) is 3.12. The monoisotopic (exact) mass is 433 g/mol. The maximum Gasteiger partial charge on any atom is 0.322 e. The number of benzene rings is 1. The van der Waals surface area contributed by atoms with Gasteiger partial charge in [0.2, 0.25) is 17.7 Å². The molecular formula is C19H23N5O7. The second kappa shape index (κ2) is 10.7. The molecule has 0 aliphatic carbocycles. The second-order valence-corrected chi connectivity index (χ2v) is 6.72. The Bertz CT molecular complexity index is 987. The summed E-state index contributed by atoms with van der Waals surface area (Å²) in [6.45, 7) is -1.27. The van der Waals surface area contributed by atoms with Gasteiger partial charge in [0.25, 0.3) is 0 Å². The van der Waals surface area contributed by atoms with Crippen molar-refractivity contribution in [3.63, 3.8) is 0 Å². The lowest BCUT2D eigenvalue weighted by Gasteiger charge is -2.17. The summed E-state index contributed by atoms with van der Waals surface area (Å²) < 4.78 is 0. The molecule has 0 aliphatic heterocycles. The topological polar surface area (TPSA) is 204 Å². The number of nitrogens with one attached hydrogen (secondary N) is 4. The van der Waals surface area contributed by atoms with Crippen LogP contribution in [0, 0.1) is 0 Å². The molecule has 1 aromatic heterocycles. The predicted octanol–water partition coefficient (Wildman–Crippen LogP) is -1.69. The first kappa shape index (κ1) is 23.3. The van der Waals surface area contributed by atoms with Crippen molar-refractivity contribution in [2.75, 3.05) is 13.1 Å². The number of carboxylic acids is 2. The first-order chi connectivity index (χ1) is 14.7. The number of hydrogen-bond donors (Lipinski definition) is 7. The van der Waals surface area contributed by atoms with Crippen molar-refractivity contribution in [3.05, 3.63) is 36.0 Å². The third-order valence-corrected chi connectivity index (χ3v) is 4.32. The lowest BCUT2D eigenvalue weighted by atomic mass is 10.1. The molecule has 12 heteroatoms. The van der Waals surface area contributed by atoms with Gasteiger partial charge in [-0.2, -0.15) is 0 Å². The molecule has 31 heavy (non-hydrogen) atoms. The normalized spacial score (nSPS) is 12.5. The summed E-state index contributed by atoms with van der Waals surface area (Å²) in [5.74, 6) is -5.11. The van der Waals surface area contributed by atoms with E-state index in [2.05, 4.69) is 15.6 Å². The van der Waals surface area contributed by atoms with Gasteiger partial charge >= 0.3 is 11.9 Å². The number of carboxylic acid groups (broad SMARTS) is 2. The Kier molecular flexibility index (Phi) is 8.09. The number of carbonyl (C=O) groups is 5. The summed E-state index contributed by atoms with van der Waals surface area (Å²) in [7, 11) is 0. The van der Waals surface area contributed by atoms with E-state index in [-0.39, 0.29) is 6.42 Å². The zero-order valence-corrected chi connectivity index (χ0v) is 16.4. The molecule has 0 fully saturated rings. The molecular weight excluding hydrogens is 410 g/mol. The van der Waals surface area contributed by atoms with Crippen LogP contribution in [0.25, 0.3) is 10.9 Å². The zero-order valence-electron chi connectivity index (χ0n) is 16.4. The maximum absolute atomic E-state index is 12.2. The van der Waals surface area contributed by atoms with Gasteiger partial charge < -0.3 is 36.9 Å². The third-order valence-electron chi connectivity index (χ3n) is 4.32. The van der Waals surface area contributed by atoms with E-state index in [4.69, 9.17) is 15.9 Å². The van der Waals surface area contributed by atoms with Crippen LogP contribution in [0.1, 0.15) is 12.0 Å². The molecule has 8 N–H and O–H groups in total. The van der Waals surface area contributed by atoms with E-state index in [1.165, 1.54) is 0 Å². The highest BCUT2D eigenvalue weighted by Crippen LogP contribution is 2.18. The van der Waals surface area contributed by atoms with Crippen molar-refractivity contribution in [2.24, 2.45) is 5.73 Å². The van der Waals surface area contributed by atoms with E-state index in [1.807, 2.05) is 29.6 Å². The van der Waals surface area contributed by atoms with Crippen molar-refractivity contribution in [2.45, 2.75) is 24.9 Å². The van der Waals surface area contributed by atoms with Crippen LogP contribution in [0.3, 0.4) is 0 Å². The van der Waals surface area contributed by atoms with Crippen molar-refractivity contribution >= 4 is 40.6 Å². The Morgan fingerprint density at radius 2 is 1.65 bits per heavy atom. The van der Waals surface area contributed by atoms with Crippen LogP contribution in [0.5, 0.6) is 0 Å². The fourth-order valence-corrected chi connectivity index (χ4v) is 2.84. The highest BCUT2D eigenvalue weighted by Gasteiger charge is 2.24.